The molecular formula is C22H18F2N2O2. The topological polar surface area (TPSA) is 47.3 Å². The van der Waals surface area contributed by atoms with Crippen molar-refractivity contribution in [1.82, 2.24) is 9.55 Å². The summed E-state index contributed by atoms with van der Waals surface area (Å²) in [5, 5.41) is 10.3. The fourth-order valence-corrected chi connectivity index (χ4v) is 3.05. The highest BCUT2D eigenvalue weighted by atomic mass is 19.2. The Hall–Kier alpha value is -3.25. The first-order chi connectivity index (χ1) is 13.6. The molecule has 1 atom stereocenters. The van der Waals surface area contributed by atoms with E-state index in [-0.39, 0.29) is 13.2 Å². The van der Waals surface area contributed by atoms with Gasteiger partial charge in [-0.3, -0.25) is 0 Å². The number of hydrogen-bond donors (Lipinski definition) is 1. The van der Waals surface area contributed by atoms with Crippen LogP contribution in [0.1, 0.15) is 0 Å². The average molecular weight is 380 g/mol. The van der Waals surface area contributed by atoms with Crippen LogP contribution in [0.2, 0.25) is 0 Å². The van der Waals surface area contributed by atoms with Crippen molar-refractivity contribution in [2.45, 2.75) is 12.6 Å². The molecule has 4 nitrogen and oxygen atoms in total. The molecule has 0 radical (unpaired) electrons. The minimum Gasteiger partial charge on any atom is -0.491 e. The van der Waals surface area contributed by atoms with Crippen molar-refractivity contribution in [2.24, 2.45) is 0 Å². The maximum atomic E-state index is 13.5. The van der Waals surface area contributed by atoms with Crippen LogP contribution in [0.4, 0.5) is 8.78 Å². The van der Waals surface area contributed by atoms with Crippen molar-refractivity contribution >= 4 is 11.0 Å². The van der Waals surface area contributed by atoms with Gasteiger partial charge in [0.15, 0.2) is 11.6 Å². The van der Waals surface area contributed by atoms with Gasteiger partial charge in [0.1, 0.15) is 18.5 Å². The number of aromatic nitrogens is 2. The molecule has 0 bridgehead atoms. The summed E-state index contributed by atoms with van der Waals surface area (Å²) < 4.78 is 34.0. The number of imidazole rings is 1. The minimum absolute atomic E-state index is 0.0635. The van der Waals surface area contributed by atoms with E-state index < -0.39 is 17.7 Å². The van der Waals surface area contributed by atoms with E-state index in [1.54, 1.807) is 4.57 Å². The molecule has 3 aromatic carbocycles. The Morgan fingerprint density at radius 1 is 0.929 bits per heavy atom. The fraction of sp³-hybridized carbons (Fsp3) is 0.136. The van der Waals surface area contributed by atoms with Gasteiger partial charge >= 0.3 is 0 Å². The second-order valence-electron chi connectivity index (χ2n) is 6.51. The lowest BCUT2D eigenvalue weighted by atomic mass is 10.1. The van der Waals surface area contributed by atoms with Crippen molar-refractivity contribution in [3.63, 3.8) is 0 Å². The van der Waals surface area contributed by atoms with Crippen molar-refractivity contribution in [1.29, 1.82) is 0 Å². The maximum absolute atomic E-state index is 13.5. The molecule has 0 aliphatic heterocycles. The third-order valence-corrected chi connectivity index (χ3v) is 4.47. The zero-order valence-electron chi connectivity index (χ0n) is 14.9. The van der Waals surface area contributed by atoms with Crippen molar-refractivity contribution < 1.29 is 18.6 Å². The molecule has 1 aromatic heterocycles. The third-order valence-electron chi connectivity index (χ3n) is 4.47. The Balaban J connectivity index is 1.38. The molecule has 0 aliphatic rings. The molecule has 4 rings (SSSR count). The Kier molecular flexibility index (Phi) is 5.04. The Labute approximate surface area is 160 Å². The van der Waals surface area contributed by atoms with Crippen LogP contribution in [-0.2, 0) is 6.54 Å². The summed E-state index contributed by atoms with van der Waals surface area (Å²) in [6, 6.07) is 19.7. The van der Waals surface area contributed by atoms with Gasteiger partial charge in [0, 0.05) is 12.1 Å². The van der Waals surface area contributed by atoms with Crippen LogP contribution in [0.3, 0.4) is 0 Å². The van der Waals surface area contributed by atoms with E-state index in [9.17, 15) is 13.9 Å². The number of benzene rings is 3. The summed E-state index contributed by atoms with van der Waals surface area (Å²) in [6.07, 6.45) is 0.612. The van der Waals surface area contributed by atoms with Crippen LogP contribution in [0.5, 0.6) is 5.75 Å². The summed E-state index contributed by atoms with van der Waals surface area (Å²) in [4.78, 5) is 4.03. The first kappa shape index (κ1) is 18.1. The molecule has 0 saturated heterocycles. The summed E-state index contributed by atoms with van der Waals surface area (Å²) in [6.45, 7) is 0.220. The van der Waals surface area contributed by atoms with E-state index in [1.165, 1.54) is 6.33 Å². The zero-order chi connectivity index (χ0) is 19.5. The highest BCUT2D eigenvalue weighted by molar-refractivity contribution is 5.75. The number of nitrogens with zero attached hydrogens (tertiary/aromatic N) is 2. The van der Waals surface area contributed by atoms with Crippen LogP contribution < -0.4 is 4.74 Å². The molecule has 1 heterocycles. The molecular weight excluding hydrogens is 362 g/mol. The predicted molar refractivity (Wildman–Crippen MR) is 103 cm³/mol. The highest BCUT2D eigenvalue weighted by Crippen LogP contribution is 2.22. The standard InChI is InChI=1S/C22H18F2N2O2/c23-19-10-21-22(11-20(19)24)26(14-25-21)12-17(27)13-28-18-8-6-16(7-9-18)15-4-2-1-3-5-15/h1-11,14,17,27H,12-13H2. The van der Waals surface area contributed by atoms with Gasteiger partial charge in [0.2, 0.25) is 0 Å². The van der Waals surface area contributed by atoms with Gasteiger partial charge in [-0.2, -0.15) is 0 Å². The molecule has 4 aromatic rings. The SMILES string of the molecule is OC(COc1ccc(-c2ccccc2)cc1)Cn1cnc2cc(F)c(F)cc21. The van der Waals surface area contributed by atoms with E-state index in [4.69, 9.17) is 4.74 Å². The predicted octanol–water partition coefficient (Wildman–Crippen LogP) is 4.42. The average Bonchev–Trinajstić information content (AvgIpc) is 3.09. The van der Waals surface area contributed by atoms with Gasteiger partial charge in [0.25, 0.3) is 0 Å². The van der Waals surface area contributed by atoms with Crippen LogP contribution in [0, 0.1) is 11.6 Å². The summed E-state index contributed by atoms with van der Waals surface area (Å²) in [5.41, 5.74) is 2.95. The van der Waals surface area contributed by atoms with Crippen molar-refractivity contribution in [3.05, 3.63) is 84.7 Å². The molecule has 0 spiro atoms. The van der Waals surface area contributed by atoms with E-state index in [2.05, 4.69) is 4.98 Å². The molecule has 1 unspecified atom stereocenters. The number of halogens is 2. The van der Waals surface area contributed by atoms with Gasteiger partial charge in [-0.15, -0.1) is 0 Å². The van der Waals surface area contributed by atoms with Crippen LogP contribution >= 0.6 is 0 Å². The van der Waals surface area contributed by atoms with E-state index in [0.717, 1.165) is 23.3 Å². The fourth-order valence-electron chi connectivity index (χ4n) is 3.05. The highest BCUT2D eigenvalue weighted by Gasteiger charge is 2.12. The monoisotopic (exact) mass is 380 g/mol. The summed E-state index contributed by atoms with van der Waals surface area (Å²) >= 11 is 0. The Morgan fingerprint density at radius 3 is 2.36 bits per heavy atom. The van der Waals surface area contributed by atoms with Gasteiger partial charge in [-0.1, -0.05) is 42.5 Å². The molecule has 6 heteroatoms. The van der Waals surface area contributed by atoms with Crippen molar-refractivity contribution in [2.75, 3.05) is 6.61 Å². The number of rotatable bonds is 6. The third kappa shape index (κ3) is 3.87. The second-order valence-corrected chi connectivity index (χ2v) is 6.51. The first-order valence-corrected chi connectivity index (χ1v) is 8.86. The van der Waals surface area contributed by atoms with Crippen LogP contribution in [0.25, 0.3) is 22.2 Å². The lowest BCUT2D eigenvalue weighted by molar-refractivity contribution is 0.0934. The minimum atomic E-state index is -0.946. The molecule has 28 heavy (non-hydrogen) atoms. The van der Waals surface area contributed by atoms with E-state index in [1.807, 2.05) is 54.6 Å². The largest absolute Gasteiger partial charge is 0.491 e. The molecule has 0 aliphatic carbocycles. The Morgan fingerprint density at radius 2 is 1.61 bits per heavy atom. The lowest BCUT2D eigenvalue weighted by Gasteiger charge is -2.14. The number of hydrogen-bond acceptors (Lipinski definition) is 3. The maximum Gasteiger partial charge on any atom is 0.161 e. The lowest BCUT2D eigenvalue weighted by Crippen LogP contribution is -2.23. The Bertz CT molecular complexity index is 1080. The number of aliphatic hydroxyl groups is 1. The summed E-state index contributed by atoms with van der Waals surface area (Å²) in [7, 11) is 0. The number of ether oxygens (including phenoxy) is 1. The smallest absolute Gasteiger partial charge is 0.161 e. The normalized spacial score (nSPS) is 12.2. The van der Waals surface area contributed by atoms with Gasteiger partial charge in [-0.25, -0.2) is 13.8 Å². The molecule has 142 valence electrons. The first-order valence-electron chi connectivity index (χ1n) is 8.86. The van der Waals surface area contributed by atoms with Gasteiger partial charge in [-0.05, 0) is 23.3 Å². The molecule has 0 amide bonds. The molecule has 0 fully saturated rings. The van der Waals surface area contributed by atoms with Crippen LogP contribution in [0.15, 0.2) is 73.1 Å². The molecule has 1 N–H and O–H groups in total. The second kappa shape index (κ2) is 7.78. The van der Waals surface area contributed by atoms with E-state index >= 15 is 0 Å². The molecule has 0 saturated carbocycles. The van der Waals surface area contributed by atoms with Crippen molar-refractivity contribution in [3.8, 4) is 16.9 Å². The van der Waals surface area contributed by atoms with E-state index in [0.29, 0.717) is 16.8 Å². The zero-order valence-corrected chi connectivity index (χ0v) is 14.9. The summed E-state index contributed by atoms with van der Waals surface area (Å²) in [5.74, 6) is -1.25. The number of aliphatic hydroxyl groups excluding tert-OH is 1. The number of fused-ring (bicyclic) bond motifs is 1. The quantitative estimate of drug-likeness (QED) is 0.539. The van der Waals surface area contributed by atoms with Gasteiger partial charge in [0.05, 0.1) is 23.9 Å². The van der Waals surface area contributed by atoms with Crippen LogP contribution in [-0.4, -0.2) is 27.4 Å². The van der Waals surface area contributed by atoms with Gasteiger partial charge < -0.3 is 14.4 Å².